The summed E-state index contributed by atoms with van der Waals surface area (Å²) in [5.41, 5.74) is 0.571. The number of rotatable bonds is 2. The molecule has 0 saturated carbocycles. The number of hydrogen-bond acceptors (Lipinski definition) is 2. The van der Waals surface area contributed by atoms with E-state index in [4.69, 9.17) is 4.74 Å². The van der Waals surface area contributed by atoms with Crippen LogP contribution in [0.25, 0.3) is 0 Å². The van der Waals surface area contributed by atoms with Crippen LogP contribution in [-0.4, -0.2) is 17.3 Å². The third kappa shape index (κ3) is 2.23. The molecule has 2 unspecified atom stereocenters. The summed E-state index contributed by atoms with van der Waals surface area (Å²) in [5, 5.41) is 0. The average molecular weight is 203 g/mol. The molecule has 1 aliphatic heterocycles. The number of halogens is 3. The van der Waals surface area contributed by atoms with E-state index in [0.29, 0.717) is 5.69 Å². The van der Waals surface area contributed by atoms with Gasteiger partial charge in [-0.1, -0.05) is 6.07 Å². The number of aromatic nitrogens is 1. The molecule has 0 N–H and O–H groups in total. The third-order valence-corrected chi connectivity index (χ3v) is 1.99. The van der Waals surface area contributed by atoms with E-state index in [1.54, 1.807) is 24.4 Å². The van der Waals surface area contributed by atoms with Crippen molar-refractivity contribution in [1.29, 1.82) is 0 Å². The topological polar surface area (TPSA) is 25.4 Å². The predicted molar refractivity (Wildman–Crippen MR) is 42.5 cm³/mol. The third-order valence-electron chi connectivity index (χ3n) is 1.99. The van der Waals surface area contributed by atoms with Crippen molar-refractivity contribution >= 4 is 0 Å². The number of ether oxygens (including phenoxy) is 1. The van der Waals surface area contributed by atoms with E-state index >= 15 is 0 Å². The van der Waals surface area contributed by atoms with Crippen LogP contribution in [0.15, 0.2) is 24.4 Å². The van der Waals surface area contributed by atoms with Crippen molar-refractivity contribution < 1.29 is 17.9 Å². The molecular formula is C9H8F3NO. The van der Waals surface area contributed by atoms with Gasteiger partial charge in [0.2, 0.25) is 0 Å². The van der Waals surface area contributed by atoms with Crippen molar-refractivity contribution in [3.63, 3.8) is 0 Å². The van der Waals surface area contributed by atoms with Gasteiger partial charge in [-0.3, -0.25) is 4.98 Å². The van der Waals surface area contributed by atoms with Gasteiger partial charge >= 0.3 is 6.18 Å². The zero-order valence-electron chi connectivity index (χ0n) is 7.16. The number of epoxide rings is 1. The van der Waals surface area contributed by atoms with Crippen LogP contribution in [0.5, 0.6) is 0 Å². The van der Waals surface area contributed by atoms with E-state index in [0.717, 1.165) is 0 Å². The highest BCUT2D eigenvalue weighted by atomic mass is 19.4. The van der Waals surface area contributed by atoms with E-state index in [2.05, 4.69) is 4.98 Å². The summed E-state index contributed by atoms with van der Waals surface area (Å²) in [4.78, 5) is 3.93. The molecule has 0 amide bonds. The van der Waals surface area contributed by atoms with Crippen molar-refractivity contribution in [2.24, 2.45) is 0 Å². The van der Waals surface area contributed by atoms with Crippen LogP contribution in [0.2, 0.25) is 0 Å². The molecule has 2 nitrogen and oxygen atoms in total. The lowest BCUT2D eigenvalue weighted by Gasteiger charge is -2.01. The molecular weight excluding hydrogens is 195 g/mol. The molecule has 0 aromatic carbocycles. The standard InChI is InChI=1S/C9H8F3NO/c10-9(11,12)5-7-8(14-7)6-3-1-2-4-13-6/h1-4,7-8H,5H2. The van der Waals surface area contributed by atoms with E-state index in [1.165, 1.54) is 0 Å². The Bertz CT molecular complexity index is 312. The van der Waals surface area contributed by atoms with Crippen molar-refractivity contribution in [3.05, 3.63) is 30.1 Å². The van der Waals surface area contributed by atoms with Gasteiger partial charge in [-0.25, -0.2) is 0 Å². The van der Waals surface area contributed by atoms with Crippen molar-refractivity contribution in [2.45, 2.75) is 24.8 Å². The molecule has 1 aromatic heterocycles. The Morgan fingerprint density at radius 1 is 1.36 bits per heavy atom. The van der Waals surface area contributed by atoms with E-state index in [1.807, 2.05) is 0 Å². The molecule has 1 aromatic rings. The number of nitrogens with zero attached hydrogens (tertiary/aromatic N) is 1. The SMILES string of the molecule is FC(F)(F)CC1OC1c1ccccn1. The van der Waals surface area contributed by atoms with Crippen LogP contribution < -0.4 is 0 Å². The molecule has 0 spiro atoms. The van der Waals surface area contributed by atoms with E-state index in [9.17, 15) is 13.2 Å². The zero-order valence-corrected chi connectivity index (χ0v) is 7.16. The molecule has 2 heterocycles. The highest BCUT2D eigenvalue weighted by Gasteiger charge is 2.48. The van der Waals surface area contributed by atoms with Crippen molar-refractivity contribution in [3.8, 4) is 0 Å². The maximum atomic E-state index is 11.9. The number of pyridine rings is 1. The van der Waals surface area contributed by atoms with Crippen LogP contribution >= 0.6 is 0 Å². The fourth-order valence-corrected chi connectivity index (χ4v) is 1.33. The largest absolute Gasteiger partial charge is 0.391 e. The first kappa shape index (κ1) is 9.45. The smallest absolute Gasteiger partial charge is 0.362 e. The van der Waals surface area contributed by atoms with Crippen LogP contribution in [0.3, 0.4) is 0 Å². The Labute approximate surface area is 78.7 Å². The fraction of sp³-hybridized carbons (Fsp3) is 0.444. The van der Waals surface area contributed by atoms with Crippen LogP contribution in [0.4, 0.5) is 13.2 Å². The molecule has 1 fully saturated rings. The monoisotopic (exact) mass is 203 g/mol. The number of hydrogen-bond donors (Lipinski definition) is 0. The van der Waals surface area contributed by atoms with Gasteiger partial charge in [0, 0.05) is 6.20 Å². The molecule has 76 valence electrons. The minimum atomic E-state index is -4.16. The maximum absolute atomic E-state index is 11.9. The quantitative estimate of drug-likeness (QED) is 0.690. The van der Waals surface area contributed by atoms with Gasteiger partial charge in [-0.05, 0) is 12.1 Å². The summed E-state index contributed by atoms with van der Waals surface area (Å²) < 4.78 is 40.7. The summed E-state index contributed by atoms with van der Waals surface area (Å²) in [6.07, 6.45) is -4.73. The molecule has 5 heteroatoms. The molecule has 0 aliphatic carbocycles. The van der Waals surface area contributed by atoms with Crippen molar-refractivity contribution in [2.75, 3.05) is 0 Å². The first-order chi connectivity index (χ1) is 6.56. The van der Waals surface area contributed by atoms with Gasteiger partial charge in [-0.2, -0.15) is 13.2 Å². The molecule has 14 heavy (non-hydrogen) atoms. The Morgan fingerprint density at radius 2 is 2.14 bits per heavy atom. The Kier molecular flexibility index (Phi) is 2.19. The summed E-state index contributed by atoms with van der Waals surface area (Å²) in [5.74, 6) is 0. The minimum Gasteiger partial charge on any atom is -0.362 e. The average Bonchev–Trinajstić information content (AvgIpc) is 2.82. The highest BCUT2D eigenvalue weighted by Crippen LogP contribution is 2.43. The fourth-order valence-electron chi connectivity index (χ4n) is 1.33. The zero-order chi connectivity index (χ0) is 10.2. The van der Waals surface area contributed by atoms with Gasteiger partial charge in [0.15, 0.2) is 0 Å². The highest BCUT2D eigenvalue weighted by molar-refractivity contribution is 5.13. The van der Waals surface area contributed by atoms with Crippen LogP contribution in [0.1, 0.15) is 18.2 Å². The Morgan fingerprint density at radius 3 is 2.71 bits per heavy atom. The lowest BCUT2D eigenvalue weighted by molar-refractivity contribution is -0.137. The van der Waals surface area contributed by atoms with Gasteiger partial charge in [0.1, 0.15) is 6.10 Å². The van der Waals surface area contributed by atoms with Gasteiger partial charge in [0.25, 0.3) is 0 Å². The van der Waals surface area contributed by atoms with Crippen molar-refractivity contribution in [1.82, 2.24) is 4.98 Å². The summed E-state index contributed by atoms with van der Waals surface area (Å²) in [6, 6.07) is 5.11. The molecule has 2 atom stereocenters. The molecule has 0 bridgehead atoms. The Balaban J connectivity index is 1.94. The molecule has 1 saturated heterocycles. The normalized spacial score (nSPS) is 26.2. The lowest BCUT2D eigenvalue weighted by Crippen LogP contribution is -2.11. The Hall–Kier alpha value is -1.10. The second kappa shape index (κ2) is 3.24. The first-order valence-corrected chi connectivity index (χ1v) is 4.19. The van der Waals surface area contributed by atoms with E-state index < -0.39 is 24.8 Å². The first-order valence-electron chi connectivity index (χ1n) is 4.19. The number of alkyl halides is 3. The maximum Gasteiger partial charge on any atom is 0.391 e. The second-order valence-electron chi connectivity index (χ2n) is 3.17. The van der Waals surface area contributed by atoms with E-state index in [-0.39, 0.29) is 0 Å². The van der Waals surface area contributed by atoms with Gasteiger partial charge in [0.05, 0.1) is 18.2 Å². The van der Waals surface area contributed by atoms with Gasteiger partial charge in [-0.15, -0.1) is 0 Å². The lowest BCUT2D eigenvalue weighted by atomic mass is 10.2. The molecule has 1 aliphatic rings. The summed E-state index contributed by atoms with van der Waals surface area (Å²) in [7, 11) is 0. The van der Waals surface area contributed by atoms with Gasteiger partial charge < -0.3 is 4.74 Å². The minimum absolute atomic E-state index is 0.474. The van der Waals surface area contributed by atoms with Crippen LogP contribution in [-0.2, 0) is 4.74 Å². The summed E-state index contributed by atoms with van der Waals surface area (Å²) in [6.45, 7) is 0. The second-order valence-corrected chi connectivity index (χ2v) is 3.17. The van der Waals surface area contributed by atoms with Crippen LogP contribution in [0, 0.1) is 0 Å². The molecule has 2 rings (SSSR count). The molecule has 0 radical (unpaired) electrons. The summed E-state index contributed by atoms with van der Waals surface area (Å²) >= 11 is 0. The predicted octanol–water partition coefficient (Wildman–Crippen LogP) is 2.47.